The van der Waals surface area contributed by atoms with Crippen molar-refractivity contribution < 1.29 is 4.79 Å². The Morgan fingerprint density at radius 2 is 2.12 bits per heavy atom. The first-order valence-corrected chi connectivity index (χ1v) is 7.12. The molecule has 1 heterocycles. The van der Waals surface area contributed by atoms with E-state index >= 15 is 0 Å². The van der Waals surface area contributed by atoms with Crippen LogP contribution >= 0.6 is 55.4 Å². The number of nitrogens with two attached hydrogens (primary N) is 1. The molecule has 0 atom stereocenters. The maximum Gasteiger partial charge on any atom is 0.254 e. The van der Waals surface area contributed by atoms with Gasteiger partial charge in [-0.15, -0.1) is 11.3 Å². The molecule has 0 bridgehead atoms. The van der Waals surface area contributed by atoms with E-state index in [0.29, 0.717) is 5.56 Å². The first-order chi connectivity index (χ1) is 7.24. The molecule has 0 aliphatic heterocycles. The lowest BCUT2D eigenvalue weighted by Crippen LogP contribution is -2.52. The average molecular weight is 386 g/mol. The lowest BCUT2D eigenvalue weighted by atomic mass is 10.1. The quantitative estimate of drug-likeness (QED) is 0.786. The second-order valence-corrected chi connectivity index (χ2v) is 7.87. The van der Waals surface area contributed by atoms with Gasteiger partial charge in [-0.25, -0.2) is 0 Å². The minimum absolute atomic E-state index is 0.202. The van der Waals surface area contributed by atoms with E-state index in [9.17, 15) is 4.79 Å². The molecule has 7 heteroatoms. The van der Waals surface area contributed by atoms with Gasteiger partial charge >= 0.3 is 0 Å². The van der Waals surface area contributed by atoms with Crippen molar-refractivity contribution in [2.45, 2.75) is 19.4 Å². The molecular formula is C9H10Br2N2OS2. The van der Waals surface area contributed by atoms with Crippen molar-refractivity contribution in [1.29, 1.82) is 0 Å². The van der Waals surface area contributed by atoms with Crippen molar-refractivity contribution in [3.63, 3.8) is 0 Å². The molecule has 0 aliphatic rings. The Labute approximate surface area is 120 Å². The summed E-state index contributed by atoms with van der Waals surface area (Å²) in [6.07, 6.45) is 0. The predicted octanol–water partition coefficient (Wildman–Crippen LogP) is 3.07. The van der Waals surface area contributed by atoms with Gasteiger partial charge in [0.05, 0.1) is 23.7 Å². The smallest absolute Gasteiger partial charge is 0.254 e. The van der Waals surface area contributed by atoms with Gasteiger partial charge in [-0.2, -0.15) is 0 Å². The van der Waals surface area contributed by atoms with Crippen LogP contribution in [0.1, 0.15) is 24.2 Å². The number of thiophene rings is 1. The van der Waals surface area contributed by atoms with Gasteiger partial charge in [0.25, 0.3) is 5.91 Å². The zero-order valence-electron chi connectivity index (χ0n) is 8.64. The molecular weight excluding hydrogens is 376 g/mol. The van der Waals surface area contributed by atoms with Gasteiger partial charge in [0.2, 0.25) is 0 Å². The Hall–Kier alpha value is 0.0200. The molecule has 1 aromatic rings. The number of hydrogen-bond donors (Lipinski definition) is 2. The van der Waals surface area contributed by atoms with Crippen LogP contribution in [0.15, 0.2) is 13.6 Å². The van der Waals surface area contributed by atoms with E-state index in [1.54, 1.807) is 19.9 Å². The van der Waals surface area contributed by atoms with Crippen molar-refractivity contribution in [3.8, 4) is 0 Å². The molecule has 3 N–H and O–H groups in total. The number of carbonyl (C=O) groups is 1. The van der Waals surface area contributed by atoms with Crippen LogP contribution in [-0.2, 0) is 0 Å². The van der Waals surface area contributed by atoms with Gasteiger partial charge < -0.3 is 11.1 Å². The highest BCUT2D eigenvalue weighted by Gasteiger charge is 2.25. The summed E-state index contributed by atoms with van der Waals surface area (Å²) in [5.74, 6) is -0.202. The summed E-state index contributed by atoms with van der Waals surface area (Å²) in [5.41, 5.74) is 5.41. The summed E-state index contributed by atoms with van der Waals surface area (Å²) < 4.78 is 1.66. The molecule has 0 aliphatic carbocycles. The van der Waals surface area contributed by atoms with E-state index in [4.69, 9.17) is 18.0 Å². The van der Waals surface area contributed by atoms with Crippen LogP contribution in [0.5, 0.6) is 0 Å². The number of halogens is 2. The number of hydrogen-bond acceptors (Lipinski definition) is 3. The Balaban J connectivity index is 2.89. The molecule has 0 unspecified atom stereocenters. The molecule has 1 aromatic heterocycles. The van der Waals surface area contributed by atoms with Crippen molar-refractivity contribution in [3.05, 3.63) is 19.2 Å². The van der Waals surface area contributed by atoms with Gasteiger partial charge in [0.15, 0.2) is 0 Å². The van der Waals surface area contributed by atoms with Gasteiger partial charge in [-0.3, -0.25) is 4.79 Å². The maximum atomic E-state index is 11.9. The molecule has 1 amide bonds. The Morgan fingerprint density at radius 3 is 2.50 bits per heavy atom. The number of thiocarbonyl (C=S) groups is 1. The third kappa shape index (κ3) is 3.26. The molecule has 3 nitrogen and oxygen atoms in total. The highest BCUT2D eigenvalue weighted by atomic mass is 79.9. The summed E-state index contributed by atoms with van der Waals surface area (Å²) in [6.45, 7) is 3.53. The Morgan fingerprint density at radius 1 is 1.56 bits per heavy atom. The molecule has 0 fully saturated rings. The normalized spacial score (nSPS) is 11.2. The van der Waals surface area contributed by atoms with E-state index in [1.165, 1.54) is 11.3 Å². The molecule has 88 valence electrons. The fraction of sp³-hybridized carbons (Fsp3) is 0.333. The van der Waals surface area contributed by atoms with Gasteiger partial charge in [0.1, 0.15) is 0 Å². The zero-order chi connectivity index (χ0) is 12.5. The lowest BCUT2D eigenvalue weighted by molar-refractivity contribution is 0.0932. The van der Waals surface area contributed by atoms with Crippen molar-refractivity contribution in [1.82, 2.24) is 5.32 Å². The van der Waals surface area contributed by atoms with Crippen LogP contribution in [0, 0.1) is 0 Å². The fourth-order valence-corrected chi connectivity index (χ4v) is 3.75. The van der Waals surface area contributed by atoms with Crippen LogP contribution < -0.4 is 11.1 Å². The third-order valence-corrected chi connectivity index (χ3v) is 4.79. The van der Waals surface area contributed by atoms with Crippen LogP contribution in [0.25, 0.3) is 0 Å². The molecule has 1 rings (SSSR count). The van der Waals surface area contributed by atoms with Gasteiger partial charge in [-0.05, 0) is 51.8 Å². The fourth-order valence-electron chi connectivity index (χ4n) is 0.908. The van der Waals surface area contributed by atoms with Crippen molar-refractivity contribution in [2.75, 3.05) is 0 Å². The monoisotopic (exact) mass is 384 g/mol. The lowest BCUT2D eigenvalue weighted by Gasteiger charge is -2.24. The van der Waals surface area contributed by atoms with E-state index < -0.39 is 5.54 Å². The standard InChI is InChI=1S/C9H10Br2N2OS2/c1-9(2,8(12)15)13-7(14)4-3-5(10)16-6(4)11/h3H,1-2H3,(H2,12,15)(H,13,14). The number of nitrogens with one attached hydrogen (secondary N) is 1. The molecule has 0 saturated carbocycles. The largest absolute Gasteiger partial charge is 0.391 e. The highest BCUT2D eigenvalue weighted by molar-refractivity contribution is 9.12. The van der Waals surface area contributed by atoms with Crippen LogP contribution in [0.2, 0.25) is 0 Å². The number of carbonyl (C=O) groups excluding carboxylic acids is 1. The predicted molar refractivity (Wildman–Crippen MR) is 78.0 cm³/mol. The topological polar surface area (TPSA) is 55.1 Å². The van der Waals surface area contributed by atoms with Gasteiger partial charge in [-0.1, -0.05) is 12.2 Å². The summed E-state index contributed by atoms with van der Waals surface area (Å²) >= 11 is 13.0. The SMILES string of the molecule is CC(C)(NC(=O)c1cc(Br)sc1Br)C(N)=S. The maximum absolute atomic E-state index is 11.9. The number of rotatable bonds is 3. The third-order valence-electron chi connectivity index (χ3n) is 1.94. The van der Waals surface area contributed by atoms with E-state index in [2.05, 4.69) is 37.2 Å². The average Bonchev–Trinajstić information content (AvgIpc) is 2.44. The summed E-state index contributed by atoms with van der Waals surface area (Å²) in [4.78, 5) is 12.2. The summed E-state index contributed by atoms with van der Waals surface area (Å²) in [6, 6.07) is 1.75. The number of amides is 1. The van der Waals surface area contributed by atoms with E-state index in [0.717, 1.165) is 7.57 Å². The molecule has 0 spiro atoms. The first kappa shape index (κ1) is 14.1. The molecule has 16 heavy (non-hydrogen) atoms. The second-order valence-electron chi connectivity index (χ2n) is 3.68. The van der Waals surface area contributed by atoms with E-state index in [1.807, 2.05) is 0 Å². The molecule has 0 radical (unpaired) electrons. The van der Waals surface area contributed by atoms with Crippen LogP contribution in [0.4, 0.5) is 0 Å². The summed E-state index contributed by atoms with van der Waals surface area (Å²) in [5, 5.41) is 2.78. The minimum atomic E-state index is -0.694. The summed E-state index contributed by atoms with van der Waals surface area (Å²) in [7, 11) is 0. The molecule has 0 saturated heterocycles. The Kier molecular flexibility index (Phi) is 4.50. The second kappa shape index (κ2) is 5.12. The Bertz CT molecular complexity index is 443. The minimum Gasteiger partial charge on any atom is -0.391 e. The van der Waals surface area contributed by atoms with Crippen LogP contribution in [0.3, 0.4) is 0 Å². The van der Waals surface area contributed by atoms with E-state index in [-0.39, 0.29) is 10.9 Å². The van der Waals surface area contributed by atoms with Crippen molar-refractivity contribution in [2.24, 2.45) is 5.73 Å². The molecule has 0 aromatic carbocycles. The zero-order valence-corrected chi connectivity index (χ0v) is 13.4. The van der Waals surface area contributed by atoms with Gasteiger partial charge in [0, 0.05) is 0 Å². The van der Waals surface area contributed by atoms with Crippen LogP contribution in [-0.4, -0.2) is 16.4 Å². The van der Waals surface area contributed by atoms with Crippen molar-refractivity contribution >= 4 is 66.3 Å². The highest BCUT2D eigenvalue weighted by Crippen LogP contribution is 2.31. The first-order valence-electron chi connectivity index (χ1n) is 4.31.